The molecule has 1 rings (SSSR count). The standard InChI is InChI=1S/C14H30N4/c1-5-6-15-13-14(2)18-11-9-17(10-12-18)8-7-16(3)4/h5,14-15H,1,6-13H2,2-4H3. The van der Waals surface area contributed by atoms with Gasteiger partial charge in [-0.15, -0.1) is 6.58 Å². The van der Waals surface area contributed by atoms with E-state index in [0.29, 0.717) is 6.04 Å². The molecule has 106 valence electrons. The molecule has 1 aliphatic rings. The predicted octanol–water partition coefficient (Wildman–Crippen LogP) is 0.330. The van der Waals surface area contributed by atoms with E-state index >= 15 is 0 Å². The Kier molecular flexibility index (Phi) is 7.51. The van der Waals surface area contributed by atoms with Crippen LogP contribution in [0.4, 0.5) is 0 Å². The number of hydrogen-bond donors (Lipinski definition) is 1. The molecule has 0 aromatic carbocycles. The Morgan fingerprint density at radius 3 is 2.50 bits per heavy atom. The van der Waals surface area contributed by atoms with E-state index in [1.54, 1.807) is 0 Å². The number of rotatable bonds is 8. The van der Waals surface area contributed by atoms with Crippen LogP contribution in [0.3, 0.4) is 0 Å². The molecule has 1 fully saturated rings. The maximum Gasteiger partial charge on any atom is 0.0193 e. The van der Waals surface area contributed by atoms with Gasteiger partial charge in [0.15, 0.2) is 0 Å². The first kappa shape index (κ1) is 15.6. The number of piperazine rings is 1. The van der Waals surface area contributed by atoms with Gasteiger partial charge in [-0.05, 0) is 21.0 Å². The van der Waals surface area contributed by atoms with Gasteiger partial charge in [-0.2, -0.15) is 0 Å². The molecule has 0 amide bonds. The molecule has 0 aromatic heterocycles. The van der Waals surface area contributed by atoms with Gasteiger partial charge in [0.25, 0.3) is 0 Å². The van der Waals surface area contributed by atoms with Crippen LogP contribution < -0.4 is 5.32 Å². The average molecular weight is 254 g/mol. The van der Waals surface area contributed by atoms with E-state index < -0.39 is 0 Å². The Labute approximate surface area is 113 Å². The van der Waals surface area contributed by atoms with Crippen molar-refractivity contribution >= 4 is 0 Å². The summed E-state index contributed by atoms with van der Waals surface area (Å²) in [6.45, 7) is 15.2. The molecule has 0 aliphatic carbocycles. The van der Waals surface area contributed by atoms with Crippen molar-refractivity contribution in [3.63, 3.8) is 0 Å². The molecule has 0 radical (unpaired) electrons. The maximum atomic E-state index is 3.73. The van der Waals surface area contributed by atoms with Crippen LogP contribution in [-0.4, -0.2) is 87.2 Å². The number of hydrogen-bond acceptors (Lipinski definition) is 4. The summed E-state index contributed by atoms with van der Waals surface area (Å²) in [5.41, 5.74) is 0. The van der Waals surface area contributed by atoms with Crippen LogP contribution >= 0.6 is 0 Å². The van der Waals surface area contributed by atoms with Crippen LogP contribution in [0.25, 0.3) is 0 Å². The molecule has 1 atom stereocenters. The summed E-state index contributed by atoms with van der Waals surface area (Å²) in [6, 6.07) is 0.626. The minimum Gasteiger partial charge on any atom is -0.312 e. The Morgan fingerprint density at radius 2 is 1.94 bits per heavy atom. The van der Waals surface area contributed by atoms with Crippen LogP contribution in [0.1, 0.15) is 6.92 Å². The fourth-order valence-electron chi connectivity index (χ4n) is 2.29. The van der Waals surface area contributed by atoms with Crippen molar-refractivity contribution in [2.24, 2.45) is 0 Å². The number of nitrogens with one attached hydrogen (secondary N) is 1. The van der Waals surface area contributed by atoms with Crippen molar-refractivity contribution in [3.8, 4) is 0 Å². The quantitative estimate of drug-likeness (QED) is 0.498. The number of nitrogens with zero attached hydrogens (tertiary/aromatic N) is 3. The minimum atomic E-state index is 0.626. The molecule has 0 saturated carbocycles. The molecule has 1 aliphatic heterocycles. The highest BCUT2D eigenvalue weighted by Gasteiger charge is 2.20. The molecule has 0 spiro atoms. The van der Waals surface area contributed by atoms with Gasteiger partial charge < -0.3 is 10.2 Å². The summed E-state index contributed by atoms with van der Waals surface area (Å²) in [5, 5.41) is 3.40. The lowest BCUT2D eigenvalue weighted by molar-refractivity contribution is 0.0974. The molecule has 0 aromatic rings. The summed E-state index contributed by atoms with van der Waals surface area (Å²) >= 11 is 0. The van der Waals surface area contributed by atoms with Gasteiger partial charge >= 0.3 is 0 Å². The van der Waals surface area contributed by atoms with Crippen molar-refractivity contribution in [2.75, 3.05) is 66.5 Å². The zero-order chi connectivity index (χ0) is 13.4. The Balaban J connectivity index is 2.15. The van der Waals surface area contributed by atoms with E-state index in [-0.39, 0.29) is 0 Å². The third kappa shape index (κ3) is 5.96. The van der Waals surface area contributed by atoms with Gasteiger partial charge in [0, 0.05) is 58.4 Å². The molecule has 18 heavy (non-hydrogen) atoms. The van der Waals surface area contributed by atoms with Gasteiger partial charge in [0.05, 0.1) is 0 Å². The zero-order valence-electron chi connectivity index (χ0n) is 12.4. The molecule has 1 N–H and O–H groups in total. The molecular weight excluding hydrogens is 224 g/mol. The lowest BCUT2D eigenvalue weighted by atomic mass is 10.2. The topological polar surface area (TPSA) is 21.8 Å². The van der Waals surface area contributed by atoms with Crippen molar-refractivity contribution in [1.29, 1.82) is 0 Å². The maximum absolute atomic E-state index is 3.73. The summed E-state index contributed by atoms with van der Waals surface area (Å²) in [5.74, 6) is 0. The summed E-state index contributed by atoms with van der Waals surface area (Å²) in [4.78, 5) is 7.41. The van der Waals surface area contributed by atoms with Crippen molar-refractivity contribution in [1.82, 2.24) is 20.0 Å². The molecular formula is C14H30N4. The Morgan fingerprint density at radius 1 is 1.28 bits per heavy atom. The van der Waals surface area contributed by atoms with E-state index in [2.05, 4.69) is 47.6 Å². The van der Waals surface area contributed by atoms with E-state index in [1.807, 2.05) is 6.08 Å². The third-order valence-corrected chi connectivity index (χ3v) is 3.62. The van der Waals surface area contributed by atoms with E-state index in [9.17, 15) is 0 Å². The van der Waals surface area contributed by atoms with Crippen molar-refractivity contribution in [3.05, 3.63) is 12.7 Å². The van der Waals surface area contributed by atoms with Crippen LogP contribution in [-0.2, 0) is 0 Å². The lowest BCUT2D eigenvalue weighted by Crippen LogP contribution is -2.52. The van der Waals surface area contributed by atoms with E-state index in [1.165, 1.54) is 32.7 Å². The second-order valence-corrected chi connectivity index (χ2v) is 5.48. The lowest BCUT2D eigenvalue weighted by Gasteiger charge is -2.38. The summed E-state index contributed by atoms with van der Waals surface area (Å²) < 4.78 is 0. The molecule has 4 nitrogen and oxygen atoms in total. The second kappa shape index (κ2) is 8.64. The fourth-order valence-corrected chi connectivity index (χ4v) is 2.29. The Bertz CT molecular complexity index is 222. The zero-order valence-corrected chi connectivity index (χ0v) is 12.4. The van der Waals surface area contributed by atoms with Gasteiger partial charge in [-0.3, -0.25) is 9.80 Å². The van der Waals surface area contributed by atoms with Gasteiger partial charge in [0.1, 0.15) is 0 Å². The van der Waals surface area contributed by atoms with Gasteiger partial charge in [-0.25, -0.2) is 0 Å². The van der Waals surface area contributed by atoms with Crippen LogP contribution in [0.15, 0.2) is 12.7 Å². The average Bonchev–Trinajstić information content (AvgIpc) is 2.37. The third-order valence-electron chi connectivity index (χ3n) is 3.62. The Hall–Kier alpha value is -0.420. The monoisotopic (exact) mass is 254 g/mol. The van der Waals surface area contributed by atoms with Crippen LogP contribution in [0.2, 0.25) is 0 Å². The summed E-state index contributed by atoms with van der Waals surface area (Å²) in [7, 11) is 4.28. The molecule has 1 saturated heterocycles. The first-order valence-corrected chi connectivity index (χ1v) is 7.06. The minimum absolute atomic E-state index is 0.626. The second-order valence-electron chi connectivity index (χ2n) is 5.48. The largest absolute Gasteiger partial charge is 0.312 e. The van der Waals surface area contributed by atoms with E-state index in [0.717, 1.165) is 19.6 Å². The normalized spacial score (nSPS) is 20.2. The predicted molar refractivity (Wildman–Crippen MR) is 79.1 cm³/mol. The first-order chi connectivity index (χ1) is 8.63. The van der Waals surface area contributed by atoms with Gasteiger partial charge in [-0.1, -0.05) is 6.08 Å². The highest BCUT2D eigenvalue weighted by molar-refractivity contribution is 4.79. The molecule has 1 heterocycles. The van der Waals surface area contributed by atoms with Crippen molar-refractivity contribution in [2.45, 2.75) is 13.0 Å². The SMILES string of the molecule is C=CCNCC(C)N1CCN(CCN(C)C)CC1. The van der Waals surface area contributed by atoms with Crippen LogP contribution in [0, 0.1) is 0 Å². The van der Waals surface area contributed by atoms with Crippen LogP contribution in [0.5, 0.6) is 0 Å². The van der Waals surface area contributed by atoms with Crippen molar-refractivity contribution < 1.29 is 0 Å². The van der Waals surface area contributed by atoms with Gasteiger partial charge in [0.2, 0.25) is 0 Å². The number of likely N-dealkylation sites (N-methyl/N-ethyl adjacent to an activating group) is 1. The highest BCUT2D eigenvalue weighted by Crippen LogP contribution is 2.05. The highest BCUT2D eigenvalue weighted by atomic mass is 15.3. The first-order valence-electron chi connectivity index (χ1n) is 7.06. The smallest absolute Gasteiger partial charge is 0.0193 e. The molecule has 4 heteroatoms. The fraction of sp³-hybridized carbons (Fsp3) is 0.857. The van der Waals surface area contributed by atoms with E-state index in [4.69, 9.17) is 0 Å². The molecule has 1 unspecified atom stereocenters. The molecule has 0 bridgehead atoms. The summed E-state index contributed by atoms with van der Waals surface area (Å²) in [6.07, 6.45) is 1.92.